The topological polar surface area (TPSA) is 135 Å². The molecule has 0 aliphatic carbocycles. The number of non-ortho nitro benzene ring substituents is 1. The van der Waals surface area contributed by atoms with Crippen LogP contribution in [0.15, 0.2) is 12.1 Å². The zero-order chi connectivity index (χ0) is 20.2. The molecule has 1 atom stereocenters. The molecule has 0 saturated carbocycles. The third kappa shape index (κ3) is 4.33. The van der Waals surface area contributed by atoms with Crippen molar-refractivity contribution in [2.45, 2.75) is 19.3 Å². The lowest BCUT2D eigenvalue weighted by Crippen LogP contribution is -2.27. The van der Waals surface area contributed by atoms with Gasteiger partial charge in [0.25, 0.3) is 17.4 Å². The SMILES string of the molecule is COc1nc2cc([N+](=O)[O-])cc(CNC(C)P(=O)(OC)OC)c2nc1OC. The minimum atomic E-state index is -3.35. The molecule has 0 spiro atoms. The Bertz CT molecular complexity index is 884. The minimum Gasteiger partial charge on any atom is -0.477 e. The van der Waals surface area contributed by atoms with E-state index in [-0.39, 0.29) is 29.5 Å². The zero-order valence-electron chi connectivity index (χ0n) is 15.6. The average molecular weight is 400 g/mol. The van der Waals surface area contributed by atoms with Crippen LogP contribution in [0.25, 0.3) is 11.0 Å². The highest BCUT2D eigenvalue weighted by molar-refractivity contribution is 7.54. The van der Waals surface area contributed by atoms with Crippen LogP contribution in [0.2, 0.25) is 0 Å². The smallest absolute Gasteiger partial charge is 0.346 e. The second kappa shape index (κ2) is 8.57. The first-order valence-corrected chi connectivity index (χ1v) is 9.42. The van der Waals surface area contributed by atoms with Gasteiger partial charge in [0.05, 0.1) is 24.7 Å². The Labute approximate surface area is 155 Å². The van der Waals surface area contributed by atoms with Crippen LogP contribution in [0.4, 0.5) is 5.69 Å². The summed E-state index contributed by atoms with van der Waals surface area (Å²) in [6, 6.07) is 2.67. The molecule has 1 unspecified atom stereocenters. The molecular formula is C15H21N4O7P. The van der Waals surface area contributed by atoms with Crippen LogP contribution in [-0.2, 0) is 20.2 Å². The van der Waals surface area contributed by atoms with Crippen molar-refractivity contribution in [2.75, 3.05) is 28.4 Å². The van der Waals surface area contributed by atoms with Gasteiger partial charge in [0.1, 0.15) is 11.3 Å². The largest absolute Gasteiger partial charge is 0.477 e. The van der Waals surface area contributed by atoms with E-state index in [1.165, 1.54) is 40.6 Å². The fourth-order valence-corrected chi connectivity index (χ4v) is 3.55. The molecule has 27 heavy (non-hydrogen) atoms. The second-order valence-electron chi connectivity index (χ2n) is 5.43. The first-order chi connectivity index (χ1) is 12.8. The third-order valence-corrected chi connectivity index (χ3v) is 6.09. The number of fused-ring (bicyclic) bond motifs is 1. The molecule has 148 valence electrons. The van der Waals surface area contributed by atoms with Crippen molar-refractivity contribution >= 4 is 24.3 Å². The summed E-state index contributed by atoms with van der Waals surface area (Å²) < 4.78 is 32.6. The van der Waals surface area contributed by atoms with Gasteiger partial charge in [-0.25, -0.2) is 9.97 Å². The van der Waals surface area contributed by atoms with E-state index in [2.05, 4.69) is 15.3 Å². The molecule has 1 N–H and O–H groups in total. The number of methoxy groups -OCH3 is 2. The highest BCUT2D eigenvalue weighted by Gasteiger charge is 2.30. The van der Waals surface area contributed by atoms with Crippen molar-refractivity contribution in [3.63, 3.8) is 0 Å². The minimum absolute atomic E-state index is 0.111. The van der Waals surface area contributed by atoms with Crippen LogP contribution in [0.5, 0.6) is 11.8 Å². The van der Waals surface area contributed by atoms with E-state index >= 15 is 0 Å². The third-order valence-electron chi connectivity index (χ3n) is 3.94. The normalized spacial score (nSPS) is 12.8. The molecule has 0 bridgehead atoms. The van der Waals surface area contributed by atoms with Crippen LogP contribution in [-0.4, -0.2) is 49.1 Å². The number of nitrogens with zero attached hydrogens (tertiary/aromatic N) is 3. The van der Waals surface area contributed by atoms with Gasteiger partial charge in [-0.15, -0.1) is 0 Å². The van der Waals surface area contributed by atoms with Crippen LogP contribution in [0.3, 0.4) is 0 Å². The number of nitro groups is 1. The van der Waals surface area contributed by atoms with Crippen LogP contribution >= 0.6 is 7.60 Å². The van der Waals surface area contributed by atoms with Gasteiger partial charge in [-0.2, -0.15) is 0 Å². The number of rotatable bonds is 9. The summed E-state index contributed by atoms with van der Waals surface area (Å²) in [6.07, 6.45) is 0. The van der Waals surface area contributed by atoms with Crippen molar-refractivity contribution in [2.24, 2.45) is 0 Å². The maximum absolute atomic E-state index is 12.4. The monoisotopic (exact) mass is 400 g/mol. The first-order valence-electron chi connectivity index (χ1n) is 7.81. The van der Waals surface area contributed by atoms with Gasteiger partial charge in [-0.05, 0) is 6.92 Å². The van der Waals surface area contributed by atoms with E-state index < -0.39 is 18.3 Å². The van der Waals surface area contributed by atoms with Gasteiger partial charge in [-0.1, -0.05) is 0 Å². The lowest BCUT2D eigenvalue weighted by molar-refractivity contribution is -0.384. The van der Waals surface area contributed by atoms with Crippen molar-refractivity contribution < 1.29 is 28.0 Å². The van der Waals surface area contributed by atoms with Crippen molar-refractivity contribution in [3.8, 4) is 11.8 Å². The summed E-state index contributed by atoms with van der Waals surface area (Å²) in [5.41, 5.74) is 0.976. The molecule has 1 aromatic heterocycles. The van der Waals surface area contributed by atoms with Crippen molar-refractivity contribution in [3.05, 3.63) is 27.8 Å². The first kappa shape index (κ1) is 21.0. The fraction of sp³-hybridized carbons (Fsp3) is 0.467. The second-order valence-corrected chi connectivity index (χ2v) is 8.02. The highest BCUT2D eigenvalue weighted by atomic mass is 31.2. The molecule has 0 radical (unpaired) electrons. The standard InChI is InChI=1S/C15H21N4O7P/c1-9(27(22,25-4)26-5)16-8-10-6-11(19(20)21)7-12-13(10)18-15(24-3)14(17-12)23-2/h6-7,9,16H,8H2,1-5H3. The van der Waals surface area contributed by atoms with Gasteiger partial charge in [0, 0.05) is 38.5 Å². The fourth-order valence-electron chi connectivity index (χ4n) is 2.45. The van der Waals surface area contributed by atoms with E-state index in [4.69, 9.17) is 18.5 Å². The Kier molecular flexibility index (Phi) is 6.66. The molecule has 0 amide bonds. The van der Waals surface area contributed by atoms with E-state index in [0.29, 0.717) is 11.1 Å². The molecule has 12 heteroatoms. The van der Waals surface area contributed by atoms with Crippen LogP contribution < -0.4 is 14.8 Å². The lowest BCUT2D eigenvalue weighted by atomic mass is 10.1. The molecular weight excluding hydrogens is 379 g/mol. The number of hydrogen-bond donors (Lipinski definition) is 1. The van der Waals surface area contributed by atoms with Crippen LogP contribution in [0.1, 0.15) is 12.5 Å². The lowest BCUT2D eigenvalue weighted by Gasteiger charge is -2.22. The molecule has 1 aromatic carbocycles. The Morgan fingerprint density at radius 2 is 1.74 bits per heavy atom. The zero-order valence-corrected chi connectivity index (χ0v) is 16.5. The summed E-state index contributed by atoms with van der Waals surface area (Å²) in [4.78, 5) is 19.3. The molecule has 2 aromatic rings. The predicted octanol–water partition coefficient (Wildman–Crippen LogP) is 2.48. The van der Waals surface area contributed by atoms with Gasteiger partial charge >= 0.3 is 7.60 Å². The van der Waals surface area contributed by atoms with Crippen LogP contribution in [0, 0.1) is 10.1 Å². The van der Waals surface area contributed by atoms with Gasteiger partial charge in [0.15, 0.2) is 0 Å². The molecule has 0 fully saturated rings. The van der Waals surface area contributed by atoms with Crippen molar-refractivity contribution in [1.82, 2.24) is 15.3 Å². The molecule has 1 heterocycles. The number of aromatic nitrogens is 2. The summed E-state index contributed by atoms with van der Waals surface area (Å²) in [5.74, 6) is -0.399. The summed E-state index contributed by atoms with van der Waals surface area (Å²) in [6.45, 7) is 1.74. The molecule has 0 aliphatic heterocycles. The molecule has 0 aliphatic rings. The van der Waals surface area contributed by atoms with Gasteiger partial charge < -0.3 is 18.5 Å². The molecule has 11 nitrogen and oxygen atoms in total. The van der Waals surface area contributed by atoms with E-state index in [0.717, 1.165) is 0 Å². The molecule has 2 rings (SSSR count). The summed E-state index contributed by atoms with van der Waals surface area (Å²) >= 11 is 0. The predicted molar refractivity (Wildman–Crippen MR) is 97.2 cm³/mol. The van der Waals surface area contributed by atoms with E-state index in [1.807, 2.05) is 0 Å². The Morgan fingerprint density at radius 1 is 1.15 bits per heavy atom. The summed E-state index contributed by atoms with van der Waals surface area (Å²) in [7, 11) is 2.03. The van der Waals surface area contributed by atoms with E-state index in [1.54, 1.807) is 6.92 Å². The van der Waals surface area contributed by atoms with E-state index in [9.17, 15) is 14.7 Å². The maximum Gasteiger partial charge on any atom is 0.346 e. The quantitative estimate of drug-likeness (QED) is 0.380. The van der Waals surface area contributed by atoms with Crippen molar-refractivity contribution in [1.29, 1.82) is 0 Å². The number of nitrogens with one attached hydrogen (secondary N) is 1. The number of hydrogen-bond acceptors (Lipinski definition) is 10. The summed E-state index contributed by atoms with van der Waals surface area (Å²) in [5, 5.41) is 14.3. The number of nitro benzene ring substituents is 1. The Hall–Kier alpha value is -2.33. The Morgan fingerprint density at radius 3 is 2.26 bits per heavy atom. The average Bonchev–Trinajstić information content (AvgIpc) is 2.69. The Balaban J connectivity index is 2.50. The number of benzene rings is 1. The highest BCUT2D eigenvalue weighted by Crippen LogP contribution is 2.50. The van der Waals surface area contributed by atoms with Gasteiger partial charge in [0.2, 0.25) is 0 Å². The number of ether oxygens (including phenoxy) is 2. The van der Waals surface area contributed by atoms with Gasteiger partial charge in [-0.3, -0.25) is 20.0 Å². The molecule has 0 saturated heterocycles. The maximum atomic E-state index is 12.4.